The van der Waals surface area contributed by atoms with E-state index < -0.39 is 5.60 Å². The fraction of sp³-hybridized carbons (Fsp3) is 0.846. The van der Waals surface area contributed by atoms with Crippen molar-refractivity contribution in [2.24, 2.45) is 0 Å². The standard InChI is InChI=1S/C13H20O4/c1-12(6-2-3-7-12)17-11(15)13(16-10-14)8-4-5-9-13/h10H,2-9H2,1H3. The molecule has 0 aliphatic heterocycles. The maximum atomic E-state index is 12.2. The Morgan fingerprint density at radius 3 is 2.12 bits per heavy atom. The molecule has 2 fully saturated rings. The van der Waals surface area contributed by atoms with Crippen molar-refractivity contribution in [2.75, 3.05) is 0 Å². The molecule has 0 amide bonds. The van der Waals surface area contributed by atoms with Gasteiger partial charge in [-0.1, -0.05) is 0 Å². The minimum absolute atomic E-state index is 0.341. The molecule has 4 nitrogen and oxygen atoms in total. The van der Waals surface area contributed by atoms with Crippen molar-refractivity contribution in [3.05, 3.63) is 0 Å². The summed E-state index contributed by atoms with van der Waals surface area (Å²) < 4.78 is 10.7. The molecule has 0 unspecified atom stereocenters. The SMILES string of the molecule is CC1(OC(=O)C2(OC=O)CCCC2)CCCC1. The third-order valence-electron chi connectivity index (χ3n) is 4.06. The molecular weight excluding hydrogens is 220 g/mol. The Bertz CT molecular complexity index is 299. The van der Waals surface area contributed by atoms with E-state index in [0.717, 1.165) is 38.5 Å². The molecule has 2 saturated carbocycles. The third kappa shape index (κ3) is 2.45. The molecule has 0 spiro atoms. The van der Waals surface area contributed by atoms with Crippen molar-refractivity contribution in [3.63, 3.8) is 0 Å². The summed E-state index contributed by atoms with van der Waals surface area (Å²) in [6, 6.07) is 0. The second-order valence-corrected chi connectivity index (χ2v) is 5.46. The second kappa shape index (κ2) is 4.67. The van der Waals surface area contributed by atoms with E-state index in [-0.39, 0.29) is 11.6 Å². The first-order valence-corrected chi connectivity index (χ1v) is 6.45. The minimum Gasteiger partial charge on any atom is -0.456 e. The lowest BCUT2D eigenvalue weighted by Crippen LogP contribution is -2.44. The molecule has 0 N–H and O–H groups in total. The van der Waals surface area contributed by atoms with Crippen LogP contribution in [0, 0.1) is 0 Å². The van der Waals surface area contributed by atoms with Crippen LogP contribution in [-0.4, -0.2) is 23.6 Å². The van der Waals surface area contributed by atoms with Gasteiger partial charge in [-0.15, -0.1) is 0 Å². The Kier molecular flexibility index (Phi) is 3.40. The lowest BCUT2D eigenvalue weighted by Gasteiger charge is -2.31. The van der Waals surface area contributed by atoms with Gasteiger partial charge in [-0.05, 0) is 58.3 Å². The maximum absolute atomic E-state index is 12.2. The van der Waals surface area contributed by atoms with E-state index in [0.29, 0.717) is 19.3 Å². The number of ether oxygens (including phenoxy) is 2. The van der Waals surface area contributed by atoms with Crippen molar-refractivity contribution in [3.8, 4) is 0 Å². The van der Waals surface area contributed by atoms with Gasteiger partial charge in [0.15, 0.2) is 0 Å². The van der Waals surface area contributed by atoms with Crippen molar-refractivity contribution >= 4 is 12.4 Å². The molecule has 0 saturated heterocycles. The van der Waals surface area contributed by atoms with Crippen LogP contribution in [-0.2, 0) is 19.1 Å². The van der Waals surface area contributed by atoms with Crippen molar-refractivity contribution in [2.45, 2.75) is 69.5 Å². The number of rotatable bonds is 4. The molecular formula is C13H20O4. The lowest BCUT2D eigenvalue weighted by molar-refractivity contribution is -0.186. The lowest BCUT2D eigenvalue weighted by atomic mass is 10.0. The van der Waals surface area contributed by atoms with Gasteiger partial charge in [-0.3, -0.25) is 4.79 Å². The monoisotopic (exact) mass is 240 g/mol. The Morgan fingerprint density at radius 1 is 1.06 bits per heavy atom. The minimum atomic E-state index is -0.993. The highest BCUT2D eigenvalue weighted by molar-refractivity contribution is 5.81. The Hall–Kier alpha value is -1.06. The predicted octanol–water partition coefficient (Wildman–Crippen LogP) is 2.35. The number of hydrogen-bond donors (Lipinski definition) is 0. The average Bonchev–Trinajstić information content (AvgIpc) is 2.89. The highest BCUT2D eigenvalue weighted by atomic mass is 16.6. The number of esters is 1. The van der Waals surface area contributed by atoms with Crippen molar-refractivity contribution < 1.29 is 19.1 Å². The van der Waals surface area contributed by atoms with Gasteiger partial charge in [-0.2, -0.15) is 0 Å². The first-order chi connectivity index (χ1) is 8.10. The Morgan fingerprint density at radius 2 is 1.59 bits per heavy atom. The highest BCUT2D eigenvalue weighted by Crippen LogP contribution is 2.38. The fourth-order valence-corrected chi connectivity index (χ4v) is 2.95. The van der Waals surface area contributed by atoms with Crippen LogP contribution in [0.5, 0.6) is 0 Å². The van der Waals surface area contributed by atoms with E-state index in [1.807, 2.05) is 6.92 Å². The van der Waals surface area contributed by atoms with Crippen LogP contribution in [0.15, 0.2) is 0 Å². The first kappa shape index (κ1) is 12.4. The quantitative estimate of drug-likeness (QED) is 0.559. The van der Waals surface area contributed by atoms with Crippen LogP contribution < -0.4 is 0 Å². The van der Waals surface area contributed by atoms with Gasteiger partial charge < -0.3 is 9.47 Å². The summed E-state index contributed by atoms with van der Waals surface area (Å²) in [7, 11) is 0. The van der Waals surface area contributed by atoms with Crippen LogP contribution in [0.3, 0.4) is 0 Å². The number of hydrogen-bond acceptors (Lipinski definition) is 4. The largest absolute Gasteiger partial charge is 0.456 e. The predicted molar refractivity (Wildman–Crippen MR) is 61.3 cm³/mol. The Balaban J connectivity index is 2.04. The molecule has 2 aliphatic carbocycles. The summed E-state index contributed by atoms with van der Waals surface area (Å²) in [6.07, 6.45) is 7.06. The van der Waals surface area contributed by atoms with Gasteiger partial charge >= 0.3 is 5.97 Å². The van der Waals surface area contributed by atoms with E-state index in [2.05, 4.69) is 0 Å². The fourth-order valence-electron chi connectivity index (χ4n) is 2.95. The summed E-state index contributed by atoms with van der Waals surface area (Å²) in [4.78, 5) is 22.8. The number of carbonyl (C=O) groups excluding carboxylic acids is 2. The van der Waals surface area contributed by atoms with E-state index in [9.17, 15) is 9.59 Å². The van der Waals surface area contributed by atoms with Gasteiger partial charge in [0.05, 0.1) is 0 Å². The summed E-state index contributed by atoms with van der Waals surface area (Å²) in [6.45, 7) is 2.35. The smallest absolute Gasteiger partial charge is 0.351 e. The van der Waals surface area contributed by atoms with E-state index in [4.69, 9.17) is 9.47 Å². The summed E-state index contributed by atoms with van der Waals surface area (Å²) >= 11 is 0. The molecule has 2 rings (SSSR count). The number of carbonyl (C=O) groups is 2. The summed E-state index contributed by atoms with van der Waals surface area (Å²) in [5.41, 5.74) is -1.34. The molecule has 17 heavy (non-hydrogen) atoms. The van der Waals surface area contributed by atoms with E-state index in [1.54, 1.807) is 0 Å². The molecule has 0 aromatic carbocycles. The van der Waals surface area contributed by atoms with E-state index >= 15 is 0 Å². The van der Waals surface area contributed by atoms with Crippen molar-refractivity contribution in [1.29, 1.82) is 0 Å². The molecule has 0 aromatic rings. The van der Waals surface area contributed by atoms with Gasteiger partial charge in [0.25, 0.3) is 6.47 Å². The van der Waals surface area contributed by atoms with Crippen molar-refractivity contribution in [1.82, 2.24) is 0 Å². The van der Waals surface area contributed by atoms with Gasteiger partial charge in [-0.25, -0.2) is 4.79 Å². The molecule has 0 radical (unpaired) electrons. The first-order valence-electron chi connectivity index (χ1n) is 6.45. The zero-order valence-corrected chi connectivity index (χ0v) is 10.4. The molecule has 0 bridgehead atoms. The molecule has 0 atom stereocenters. The van der Waals surface area contributed by atoms with Crippen LogP contribution in [0.25, 0.3) is 0 Å². The van der Waals surface area contributed by atoms with Crippen LogP contribution in [0.2, 0.25) is 0 Å². The Labute approximate surface area is 102 Å². The maximum Gasteiger partial charge on any atom is 0.351 e. The molecule has 4 heteroatoms. The van der Waals surface area contributed by atoms with Crippen LogP contribution >= 0.6 is 0 Å². The molecule has 0 aromatic heterocycles. The zero-order chi connectivity index (χ0) is 12.4. The normalized spacial score (nSPS) is 25.5. The van der Waals surface area contributed by atoms with Gasteiger partial charge in [0.2, 0.25) is 5.60 Å². The third-order valence-corrected chi connectivity index (χ3v) is 4.06. The topological polar surface area (TPSA) is 52.6 Å². The van der Waals surface area contributed by atoms with Crippen LogP contribution in [0.1, 0.15) is 58.3 Å². The molecule has 2 aliphatic rings. The molecule has 96 valence electrons. The van der Waals surface area contributed by atoms with Crippen LogP contribution in [0.4, 0.5) is 0 Å². The highest BCUT2D eigenvalue weighted by Gasteiger charge is 2.47. The summed E-state index contributed by atoms with van der Waals surface area (Å²) in [5, 5.41) is 0. The molecule has 0 heterocycles. The van der Waals surface area contributed by atoms with Gasteiger partial charge in [0, 0.05) is 0 Å². The zero-order valence-electron chi connectivity index (χ0n) is 10.4. The van der Waals surface area contributed by atoms with Gasteiger partial charge in [0.1, 0.15) is 5.60 Å². The average molecular weight is 240 g/mol. The second-order valence-electron chi connectivity index (χ2n) is 5.46. The van der Waals surface area contributed by atoms with E-state index in [1.165, 1.54) is 0 Å². The summed E-state index contributed by atoms with van der Waals surface area (Å²) in [5.74, 6) is -0.341.